The van der Waals surface area contributed by atoms with Crippen molar-refractivity contribution in [1.29, 1.82) is 5.26 Å². The Bertz CT molecular complexity index is 842. The number of fused-ring (bicyclic) bond motifs is 2. The second-order valence-electron chi connectivity index (χ2n) is 6.59. The summed E-state index contributed by atoms with van der Waals surface area (Å²) in [5, 5.41) is 14.3. The van der Waals surface area contributed by atoms with E-state index >= 15 is 0 Å². The Morgan fingerprint density at radius 3 is 2.83 bits per heavy atom. The van der Waals surface area contributed by atoms with Crippen molar-refractivity contribution in [2.75, 3.05) is 5.73 Å². The number of nitriles is 1. The smallest absolute Gasteiger partial charge is 0.225 e. The lowest BCUT2D eigenvalue weighted by molar-refractivity contribution is -0.201. The summed E-state index contributed by atoms with van der Waals surface area (Å²) in [6.45, 7) is 5.69. The lowest BCUT2D eigenvalue weighted by Crippen LogP contribution is -2.40. The van der Waals surface area contributed by atoms with Crippen LogP contribution in [0.5, 0.6) is 0 Å². The van der Waals surface area contributed by atoms with Gasteiger partial charge in [0.25, 0.3) is 0 Å². The molecule has 126 valence electrons. The molecule has 4 heterocycles. The van der Waals surface area contributed by atoms with Gasteiger partial charge in [-0.2, -0.15) is 10.4 Å². The molecule has 2 aromatic rings. The number of hydrogen-bond acceptors (Lipinski definition) is 7. The van der Waals surface area contributed by atoms with Gasteiger partial charge in [-0.05, 0) is 32.4 Å². The Morgan fingerprint density at radius 1 is 1.33 bits per heavy atom. The van der Waals surface area contributed by atoms with Crippen LogP contribution in [0, 0.1) is 11.3 Å². The summed E-state index contributed by atoms with van der Waals surface area (Å²) in [6.07, 6.45) is 0.980. The molecule has 0 saturated carbocycles. The molecule has 8 heteroatoms. The Balaban J connectivity index is 1.90. The van der Waals surface area contributed by atoms with Crippen molar-refractivity contribution in [3.63, 3.8) is 0 Å². The highest BCUT2D eigenvalue weighted by atomic mass is 16.8. The molecule has 4 atom stereocenters. The normalized spacial score (nSPS) is 34.3. The van der Waals surface area contributed by atoms with Crippen LogP contribution in [0.2, 0.25) is 0 Å². The fourth-order valence-electron chi connectivity index (χ4n) is 3.65. The van der Waals surface area contributed by atoms with Crippen molar-refractivity contribution in [2.45, 2.75) is 56.9 Å². The van der Waals surface area contributed by atoms with Gasteiger partial charge < -0.3 is 19.9 Å². The van der Waals surface area contributed by atoms with Crippen LogP contribution >= 0.6 is 0 Å². The molecule has 2 fully saturated rings. The van der Waals surface area contributed by atoms with Crippen LogP contribution in [0.25, 0.3) is 5.52 Å². The van der Waals surface area contributed by atoms with E-state index in [-0.39, 0.29) is 12.2 Å². The van der Waals surface area contributed by atoms with E-state index in [0.717, 1.165) is 0 Å². The predicted octanol–water partition coefficient (Wildman–Crippen LogP) is 1.36. The predicted molar refractivity (Wildman–Crippen MR) is 83.7 cm³/mol. The van der Waals surface area contributed by atoms with Crippen molar-refractivity contribution < 1.29 is 14.2 Å². The number of anilines is 1. The molecule has 0 radical (unpaired) electrons. The fraction of sp³-hybridized carbons (Fsp3) is 0.562. The quantitative estimate of drug-likeness (QED) is 0.886. The highest BCUT2D eigenvalue weighted by Gasteiger charge is 2.64. The first-order valence-electron chi connectivity index (χ1n) is 7.95. The third-order valence-corrected chi connectivity index (χ3v) is 4.66. The van der Waals surface area contributed by atoms with Gasteiger partial charge in [-0.3, -0.25) is 0 Å². The van der Waals surface area contributed by atoms with E-state index in [4.69, 9.17) is 19.9 Å². The standard InChI is InChI=1S/C16H19N5O3/c1-4-10-12-13(24-15(2,3)23-12)16(7-17,22-10)11-6-5-9-14(18)19-8-20-21(9)11/h5-6,8,10,12-13H,4H2,1-3H3,(H2,18,19,20)/t10-,12-,13-,16+/m1/s1. The lowest BCUT2D eigenvalue weighted by Gasteiger charge is -2.28. The third-order valence-electron chi connectivity index (χ3n) is 4.66. The molecule has 2 aliphatic rings. The zero-order valence-corrected chi connectivity index (χ0v) is 13.8. The molecule has 0 unspecified atom stereocenters. The van der Waals surface area contributed by atoms with E-state index in [2.05, 4.69) is 16.2 Å². The monoisotopic (exact) mass is 329 g/mol. The summed E-state index contributed by atoms with van der Waals surface area (Å²) >= 11 is 0. The van der Waals surface area contributed by atoms with E-state index in [1.165, 1.54) is 6.33 Å². The maximum atomic E-state index is 10.0. The summed E-state index contributed by atoms with van der Waals surface area (Å²) in [5.74, 6) is -0.426. The van der Waals surface area contributed by atoms with Gasteiger partial charge in [0, 0.05) is 0 Å². The average molecular weight is 329 g/mol. The molecule has 0 amide bonds. The van der Waals surface area contributed by atoms with E-state index in [1.54, 1.807) is 16.6 Å². The summed E-state index contributed by atoms with van der Waals surface area (Å²) in [7, 11) is 0. The Hall–Kier alpha value is -2.21. The zero-order valence-electron chi connectivity index (χ0n) is 13.8. The number of ether oxygens (including phenoxy) is 3. The van der Waals surface area contributed by atoms with Crippen LogP contribution in [0.4, 0.5) is 5.82 Å². The summed E-state index contributed by atoms with van der Waals surface area (Å²) in [5.41, 5.74) is 5.79. The Labute approximate surface area is 139 Å². The fourth-order valence-corrected chi connectivity index (χ4v) is 3.65. The van der Waals surface area contributed by atoms with E-state index < -0.39 is 17.5 Å². The number of hydrogen-bond donors (Lipinski definition) is 1. The molecule has 2 saturated heterocycles. The second-order valence-corrected chi connectivity index (χ2v) is 6.59. The van der Waals surface area contributed by atoms with Crippen molar-refractivity contribution >= 4 is 11.3 Å². The lowest BCUT2D eigenvalue weighted by atomic mass is 9.92. The minimum Gasteiger partial charge on any atom is -0.382 e. The van der Waals surface area contributed by atoms with Crippen LogP contribution < -0.4 is 5.73 Å². The zero-order chi connectivity index (χ0) is 17.1. The molecule has 2 aromatic heterocycles. The molecular formula is C16H19N5O3. The maximum Gasteiger partial charge on any atom is 0.225 e. The summed E-state index contributed by atoms with van der Waals surface area (Å²) in [6, 6.07) is 5.88. The van der Waals surface area contributed by atoms with Crippen molar-refractivity contribution in [1.82, 2.24) is 14.6 Å². The molecule has 0 aromatic carbocycles. The van der Waals surface area contributed by atoms with Crippen molar-refractivity contribution in [3.05, 3.63) is 24.2 Å². The summed E-state index contributed by atoms with van der Waals surface area (Å²) < 4.78 is 19.8. The number of nitrogens with zero attached hydrogens (tertiary/aromatic N) is 4. The number of rotatable bonds is 2. The molecule has 0 aliphatic carbocycles. The van der Waals surface area contributed by atoms with Gasteiger partial charge in [0.1, 0.15) is 30.1 Å². The van der Waals surface area contributed by atoms with E-state index in [9.17, 15) is 5.26 Å². The van der Waals surface area contributed by atoms with Gasteiger partial charge in [-0.15, -0.1) is 0 Å². The van der Waals surface area contributed by atoms with Crippen LogP contribution in [-0.4, -0.2) is 38.7 Å². The van der Waals surface area contributed by atoms with E-state index in [0.29, 0.717) is 23.4 Å². The molecule has 2 aliphatic heterocycles. The minimum absolute atomic E-state index is 0.235. The van der Waals surface area contributed by atoms with Crippen LogP contribution in [0.15, 0.2) is 18.5 Å². The minimum atomic E-state index is -1.31. The van der Waals surface area contributed by atoms with Crippen molar-refractivity contribution in [2.24, 2.45) is 0 Å². The number of aromatic nitrogens is 3. The van der Waals surface area contributed by atoms with Gasteiger partial charge in [-0.1, -0.05) is 6.92 Å². The topological polar surface area (TPSA) is 108 Å². The van der Waals surface area contributed by atoms with Crippen LogP contribution in [-0.2, 0) is 19.8 Å². The first-order valence-corrected chi connectivity index (χ1v) is 7.95. The third kappa shape index (κ3) is 1.89. The van der Waals surface area contributed by atoms with Crippen LogP contribution in [0.1, 0.15) is 32.9 Å². The largest absolute Gasteiger partial charge is 0.382 e. The van der Waals surface area contributed by atoms with E-state index in [1.807, 2.05) is 20.8 Å². The first-order chi connectivity index (χ1) is 11.4. The molecule has 0 bridgehead atoms. The maximum absolute atomic E-state index is 10.0. The molecule has 0 spiro atoms. The SMILES string of the molecule is CC[C@H]1O[C@@](C#N)(c2ccc3c(N)ncnn23)[C@@H]2OC(C)(C)O[C@@H]21. The van der Waals surface area contributed by atoms with Gasteiger partial charge in [0.05, 0.1) is 11.8 Å². The second kappa shape index (κ2) is 4.89. The highest BCUT2D eigenvalue weighted by molar-refractivity contribution is 5.66. The van der Waals surface area contributed by atoms with Crippen molar-refractivity contribution in [3.8, 4) is 6.07 Å². The Kier molecular flexibility index (Phi) is 3.12. The van der Waals surface area contributed by atoms with Gasteiger partial charge in [0.15, 0.2) is 11.6 Å². The average Bonchev–Trinajstić information content (AvgIpc) is 3.18. The number of nitrogens with two attached hydrogens (primary N) is 1. The molecular weight excluding hydrogens is 310 g/mol. The molecule has 4 rings (SSSR count). The summed E-state index contributed by atoms with van der Waals surface area (Å²) in [4.78, 5) is 3.98. The van der Waals surface area contributed by atoms with Gasteiger partial charge in [-0.25, -0.2) is 9.50 Å². The number of nitrogen functional groups attached to an aromatic ring is 1. The first kappa shape index (κ1) is 15.3. The van der Waals surface area contributed by atoms with Crippen LogP contribution in [0.3, 0.4) is 0 Å². The van der Waals surface area contributed by atoms with Gasteiger partial charge >= 0.3 is 0 Å². The Morgan fingerprint density at radius 2 is 2.12 bits per heavy atom. The highest BCUT2D eigenvalue weighted by Crippen LogP contribution is 2.49. The molecule has 8 nitrogen and oxygen atoms in total. The molecule has 2 N–H and O–H groups in total. The molecule has 24 heavy (non-hydrogen) atoms. The van der Waals surface area contributed by atoms with Gasteiger partial charge in [0.2, 0.25) is 5.60 Å².